The van der Waals surface area contributed by atoms with Crippen LogP contribution in [0.5, 0.6) is 11.5 Å². The van der Waals surface area contributed by atoms with E-state index in [-0.39, 0.29) is 6.61 Å². The molecule has 0 spiro atoms. The number of tetrazole rings is 1. The number of allylic oxidation sites excluding steroid dienone is 1. The number of nitrogens with one attached hydrogen (secondary N) is 1. The normalized spacial score (nSPS) is 10.5. The lowest BCUT2D eigenvalue weighted by Crippen LogP contribution is -2.10. The first-order valence-electron chi connectivity index (χ1n) is 8.46. The molecular weight excluding hydrogens is 385 g/mol. The first-order chi connectivity index (χ1) is 13.6. The lowest BCUT2D eigenvalue weighted by Gasteiger charge is -2.16. The monoisotopic (exact) mass is 403 g/mol. The number of para-hydroxylation sites is 1. The van der Waals surface area contributed by atoms with Crippen molar-refractivity contribution in [3.8, 4) is 11.5 Å². The number of rotatable bonds is 9. The highest BCUT2D eigenvalue weighted by atomic mass is 35.5. The Labute approximate surface area is 166 Å². The average molecular weight is 404 g/mol. The van der Waals surface area contributed by atoms with Gasteiger partial charge in [-0.2, -0.15) is 0 Å². The molecule has 146 valence electrons. The van der Waals surface area contributed by atoms with Crippen LogP contribution < -0.4 is 14.8 Å². The van der Waals surface area contributed by atoms with Crippen LogP contribution in [0.15, 0.2) is 49.1 Å². The van der Waals surface area contributed by atoms with E-state index in [2.05, 4.69) is 27.4 Å². The van der Waals surface area contributed by atoms with E-state index in [0.717, 1.165) is 5.56 Å². The molecule has 1 N–H and O–H groups in total. The van der Waals surface area contributed by atoms with Gasteiger partial charge in [0.05, 0.1) is 18.7 Å². The molecule has 1 aromatic heterocycles. The molecule has 0 amide bonds. The molecule has 0 aliphatic rings. The second-order valence-electron chi connectivity index (χ2n) is 5.80. The highest BCUT2D eigenvalue weighted by molar-refractivity contribution is 6.31. The van der Waals surface area contributed by atoms with Crippen LogP contribution in [0.1, 0.15) is 11.1 Å². The van der Waals surface area contributed by atoms with Gasteiger partial charge in [0.1, 0.15) is 12.4 Å². The summed E-state index contributed by atoms with van der Waals surface area (Å²) in [4.78, 5) is 0. The number of anilines is 1. The SMILES string of the molecule is C=CCn1nnnc1NCc1cccc(OC)c1OCc1ccc(F)cc1Cl. The Kier molecular flexibility index (Phi) is 6.44. The lowest BCUT2D eigenvalue weighted by atomic mass is 10.1. The molecule has 0 unspecified atom stereocenters. The van der Waals surface area contributed by atoms with Crippen molar-refractivity contribution in [2.45, 2.75) is 19.7 Å². The van der Waals surface area contributed by atoms with Crippen molar-refractivity contribution in [1.82, 2.24) is 20.2 Å². The van der Waals surface area contributed by atoms with Gasteiger partial charge in [-0.3, -0.25) is 0 Å². The Morgan fingerprint density at radius 2 is 2.14 bits per heavy atom. The third-order valence-electron chi connectivity index (χ3n) is 3.94. The summed E-state index contributed by atoms with van der Waals surface area (Å²) in [6.07, 6.45) is 1.70. The predicted octanol–water partition coefficient (Wildman–Crippen LogP) is 3.85. The van der Waals surface area contributed by atoms with Crippen LogP contribution in [0.3, 0.4) is 0 Å². The zero-order chi connectivity index (χ0) is 19.9. The van der Waals surface area contributed by atoms with Gasteiger partial charge in [0.15, 0.2) is 11.5 Å². The van der Waals surface area contributed by atoms with Crippen molar-refractivity contribution in [3.05, 3.63) is 71.0 Å². The van der Waals surface area contributed by atoms with Crippen LogP contribution in [0.2, 0.25) is 5.02 Å². The first kappa shape index (κ1) is 19.6. The fourth-order valence-corrected chi connectivity index (χ4v) is 2.79. The van der Waals surface area contributed by atoms with Crippen molar-refractivity contribution < 1.29 is 13.9 Å². The van der Waals surface area contributed by atoms with Crippen molar-refractivity contribution in [2.75, 3.05) is 12.4 Å². The number of hydrogen-bond acceptors (Lipinski definition) is 6. The molecule has 1 heterocycles. The molecular formula is C19H19ClFN5O2. The Bertz CT molecular complexity index is 963. The second-order valence-corrected chi connectivity index (χ2v) is 6.21. The largest absolute Gasteiger partial charge is 0.493 e. The van der Waals surface area contributed by atoms with E-state index in [1.807, 2.05) is 12.1 Å². The minimum atomic E-state index is -0.395. The van der Waals surface area contributed by atoms with E-state index in [1.165, 1.54) is 12.1 Å². The molecule has 7 nitrogen and oxygen atoms in total. The molecule has 0 saturated carbocycles. The summed E-state index contributed by atoms with van der Waals surface area (Å²) >= 11 is 6.09. The summed E-state index contributed by atoms with van der Waals surface area (Å²) < 4.78 is 26.2. The third-order valence-corrected chi connectivity index (χ3v) is 4.29. The second kappa shape index (κ2) is 9.18. The van der Waals surface area contributed by atoms with Gasteiger partial charge in [0, 0.05) is 17.7 Å². The molecule has 0 fully saturated rings. The molecule has 0 aliphatic carbocycles. The fourth-order valence-electron chi connectivity index (χ4n) is 2.56. The Morgan fingerprint density at radius 1 is 1.29 bits per heavy atom. The third kappa shape index (κ3) is 4.58. The molecule has 2 aromatic carbocycles. The summed E-state index contributed by atoms with van der Waals surface area (Å²) in [6.45, 7) is 4.74. The molecule has 9 heteroatoms. The van der Waals surface area contributed by atoms with Gasteiger partial charge in [-0.05, 0) is 28.6 Å². The fraction of sp³-hybridized carbons (Fsp3) is 0.211. The molecule has 3 rings (SSSR count). The zero-order valence-electron chi connectivity index (χ0n) is 15.2. The predicted molar refractivity (Wildman–Crippen MR) is 104 cm³/mol. The van der Waals surface area contributed by atoms with Crippen molar-refractivity contribution >= 4 is 17.5 Å². The van der Waals surface area contributed by atoms with Crippen LogP contribution >= 0.6 is 11.6 Å². The van der Waals surface area contributed by atoms with Crippen LogP contribution in [0, 0.1) is 5.82 Å². The summed E-state index contributed by atoms with van der Waals surface area (Å²) in [5.41, 5.74) is 1.51. The summed E-state index contributed by atoms with van der Waals surface area (Å²) in [5, 5.41) is 15.0. The number of aromatic nitrogens is 4. The number of nitrogens with zero attached hydrogens (tertiary/aromatic N) is 4. The van der Waals surface area contributed by atoms with Crippen molar-refractivity contribution in [3.63, 3.8) is 0 Å². The topological polar surface area (TPSA) is 74.1 Å². The first-order valence-corrected chi connectivity index (χ1v) is 8.83. The maximum Gasteiger partial charge on any atom is 0.243 e. The number of methoxy groups -OCH3 is 1. The zero-order valence-corrected chi connectivity index (χ0v) is 16.0. The van der Waals surface area contributed by atoms with E-state index < -0.39 is 5.82 Å². The highest BCUT2D eigenvalue weighted by Gasteiger charge is 2.13. The van der Waals surface area contributed by atoms with Gasteiger partial charge < -0.3 is 14.8 Å². The maximum atomic E-state index is 13.2. The van der Waals surface area contributed by atoms with Gasteiger partial charge in [0.25, 0.3) is 0 Å². The van der Waals surface area contributed by atoms with Gasteiger partial charge in [-0.1, -0.05) is 41.0 Å². The van der Waals surface area contributed by atoms with Gasteiger partial charge in [0.2, 0.25) is 5.95 Å². The van der Waals surface area contributed by atoms with E-state index >= 15 is 0 Å². The maximum absolute atomic E-state index is 13.2. The number of hydrogen-bond donors (Lipinski definition) is 1. The van der Waals surface area contributed by atoms with E-state index in [0.29, 0.717) is 41.1 Å². The standard InChI is InChI=1S/C19H19ClFN5O2/c1-3-9-26-19(23-24-25-26)22-11-13-5-4-6-17(27-2)18(13)28-12-14-7-8-15(21)10-16(14)20/h3-8,10H,1,9,11-12H2,2H3,(H,22,23,25). The van der Waals surface area contributed by atoms with Crippen LogP contribution in [0.4, 0.5) is 10.3 Å². The lowest BCUT2D eigenvalue weighted by molar-refractivity contribution is 0.281. The van der Waals surface area contributed by atoms with Crippen molar-refractivity contribution in [2.24, 2.45) is 0 Å². The van der Waals surface area contributed by atoms with Crippen LogP contribution in [-0.4, -0.2) is 27.3 Å². The number of ether oxygens (including phenoxy) is 2. The molecule has 0 aliphatic heterocycles. The smallest absolute Gasteiger partial charge is 0.243 e. The molecule has 3 aromatic rings. The summed E-state index contributed by atoms with van der Waals surface area (Å²) in [7, 11) is 1.56. The summed E-state index contributed by atoms with van der Waals surface area (Å²) in [5.74, 6) is 1.24. The van der Waals surface area contributed by atoms with E-state index in [1.54, 1.807) is 30.0 Å². The Hall–Kier alpha value is -3.13. The Balaban J connectivity index is 1.78. The number of halogens is 2. The molecule has 0 radical (unpaired) electrons. The average Bonchev–Trinajstić information content (AvgIpc) is 3.13. The molecule has 0 saturated heterocycles. The molecule has 0 bridgehead atoms. The van der Waals surface area contributed by atoms with Gasteiger partial charge >= 0.3 is 0 Å². The van der Waals surface area contributed by atoms with E-state index in [9.17, 15) is 4.39 Å². The minimum Gasteiger partial charge on any atom is -0.493 e. The highest BCUT2D eigenvalue weighted by Crippen LogP contribution is 2.33. The molecule has 0 atom stereocenters. The van der Waals surface area contributed by atoms with Gasteiger partial charge in [-0.25, -0.2) is 9.07 Å². The number of benzene rings is 2. The summed E-state index contributed by atoms with van der Waals surface area (Å²) in [6, 6.07) is 9.75. The van der Waals surface area contributed by atoms with Crippen LogP contribution in [-0.2, 0) is 19.7 Å². The Morgan fingerprint density at radius 3 is 2.89 bits per heavy atom. The minimum absolute atomic E-state index is 0.167. The van der Waals surface area contributed by atoms with Crippen molar-refractivity contribution in [1.29, 1.82) is 0 Å². The van der Waals surface area contributed by atoms with E-state index in [4.69, 9.17) is 21.1 Å². The van der Waals surface area contributed by atoms with Gasteiger partial charge in [-0.15, -0.1) is 6.58 Å². The quantitative estimate of drug-likeness (QED) is 0.547. The molecule has 28 heavy (non-hydrogen) atoms. The van der Waals surface area contributed by atoms with Crippen LogP contribution in [0.25, 0.3) is 0 Å².